The van der Waals surface area contributed by atoms with Crippen LogP contribution in [0.15, 0.2) is 88.2 Å². The van der Waals surface area contributed by atoms with Crippen LogP contribution < -0.4 is 16.0 Å². The van der Waals surface area contributed by atoms with Gasteiger partial charge in [-0.25, -0.2) is 0 Å². The number of thioether (sulfide) groups is 1. The van der Waals surface area contributed by atoms with Crippen LogP contribution in [0, 0.1) is 13.8 Å². The number of anilines is 4. The lowest BCUT2D eigenvalue weighted by molar-refractivity contribution is -0.124. The third-order valence-corrected chi connectivity index (χ3v) is 15.0. The number of hydrogen-bond donors (Lipinski definition) is 3. The number of carbonyl (C=O) groups is 3. The molecule has 3 N–H and O–H groups in total. The van der Waals surface area contributed by atoms with Gasteiger partial charge in [0.2, 0.25) is 17.8 Å². The van der Waals surface area contributed by atoms with Gasteiger partial charge in [0.25, 0.3) is 17.7 Å². The summed E-state index contributed by atoms with van der Waals surface area (Å²) in [5, 5.41) is 11.5. The number of fused-ring (bicyclic) bond motifs is 1. The number of unbranched alkanes of at least 4 members (excludes halogenated alkanes) is 6. The van der Waals surface area contributed by atoms with Crippen LogP contribution in [0.2, 0.25) is 0 Å². The van der Waals surface area contributed by atoms with Gasteiger partial charge in [0.1, 0.15) is 4.32 Å². The Bertz CT molecular complexity index is 2700. The average molecular weight is 958 g/mol. The number of thiophene rings is 2. The second kappa shape index (κ2) is 21.3. The summed E-state index contributed by atoms with van der Waals surface area (Å²) in [4.78, 5) is 64.9. The summed E-state index contributed by atoms with van der Waals surface area (Å²) in [6.45, 7) is 10.3. The molecule has 0 aliphatic carbocycles. The SMILES string of the molecule is CCCCCCN1C(=O)C2=C(c3ccc(-c4ccc(/C=C5/SC(=S)N(CCNc6nc(NC)nc(Nc7cc(C)cc(C)c7)n6)C5=O)cc4)s3)N(CCCCCC)C(=O)C2=C1c1cccs1. The van der Waals surface area contributed by atoms with Crippen molar-refractivity contribution in [1.82, 2.24) is 29.7 Å². The molecule has 0 spiro atoms. The number of benzene rings is 2. The van der Waals surface area contributed by atoms with Gasteiger partial charge in [-0.2, -0.15) is 15.0 Å². The van der Waals surface area contributed by atoms with Gasteiger partial charge in [0, 0.05) is 43.8 Å². The molecule has 0 saturated carbocycles. The van der Waals surface area contributed by atoms with Gasteiger partial charge in [-0.15, -0.1) is 22.7 Å². The molecule has 3 amide bonds. The summed E-state index contributed by atoms with van der Waals surface area (Å²) in [7, 11) is 1.75. The van der Waals surface area contributed by atoms with Crippen LogP contribution in [0.1, 0.15) is 91.7 Å². The minimum absolute atomic E-state index is 0.0769. The van der Waals surface area contributed by atoms with E-state index in [4.69, 9.17) is 12.2 Å². The first-order valence-corrected chi connectivity index (χ1v) is 25.6. The van der Waals surface area contributed by atoms with E-state index in [2.05, 4.69) is 62.9 Å². The standard InChI is InChI=1S/C50H55N9O3S4/c1-6-8-10-12-23-57-42(37-15-14-26-64-37)40-41(46(57)62)43(58(45(40)61)24-13-11-9-7-2)38-21-20-36(65-38)34-18-16-33(17-19-34)30-39-44(60)59(50(63)66-39)25-22-52-48-54-47(51-5)55-49(56-48)53-35-28-31(3)27-32(4)29-35/h14-21,26-30H,6-13,22-25H2,1-5H3,(H3,51,52,53,54,55,56)/b39-30+. The number of rotatable bonds is 21. The Kier molecular flexibility index (Phi) is 15.1. The van der Waals surface area contributed by atoms with Crippen LogP contribution in [0.4, 0.5) is 23.5 Å². The molecule has 3 aromatic heterocycles. The van der Waals surface area contributed by atoms with Crippen molar-refractivity contribution < 1.29 is 14.4 Å². The average Bonchev–Trinajstić information content (AvgIpc) is 4.14. The summed E-state index contributed by atoms with van der Waals surface area (Å²) >= 11 is 10.1. The molecule has 0 atom stereocenters. The van der Waals surface area contributed by atoms with Crippen molar-refractivity contribution in [3.63, 3.8) is 0 Å². The molecule has 1 saturated heterocycles. The molecular weight excluding hydrogens is 903 g/mol. The number of hydrogen-bond acceptors (Lipinski definition) is 13. The van der Waals surface area contributed by atoms with Crippen LogP contribution in [0.3, 0.4) is 0 Å². The lowest BCUT2D eigenvalue weighted by Gasteiger charge is -2.24. The minimum Gasteiger partial charge on any atom is -0.357 e. The highest BCUT2D eigenvalue weighted by Gasteiger charge is 2.49. The molecular formula is C50H55N9O3S4. The van der Waals surface area contributed by atoms with Gasteiger partial charge >= 0.3 is 0 Å². The van der Waals surface area contributed by atoms with Crippen molar-refractivity contribution in [2.45, 2.75) is 79.1 Å². The number of nitrogens with one attached hydrogen (secondary N) is 3. The zero-order valence-electron chi connectivity index (χ0n) is 38.0. The molecule has 5 aromatic rings. The van der Waals surface area contributed by atoms with Crippen LogP contribution >= 0.6 is 46.7 Å². The van der Waals surface area contributed by atoms with Crippen LogP contribution in [0.25, 0.3) is 27.9 Å². The molecule has 0 unspecified atom stereocenters. The van der Waals surface area contributed by atoms with Crippen molar-refractivity contribution in [3.05, 3.63) is 115 Å². The fourth-order valence-corrected chi connectivity index (χ4v) is 11.6. The van der Waals surface area contributed by atoms with E-state index in [0.717, 1.165) is 105 Å². The first-order valence-electron chi connectivity index (χ1n) is 22.7. The smallest absolute Gasteiger partial charge is 0.266 e. The molecule has 0 radical (unpaired) electrons. The van der Waals surface area contributed by atoms with Crippen molar-refractivity contribution in [2.24, 2.45) is 0 Å². The predicted octanol–water partition coefficient (Wildman–Crippen LogP) is 11.3. The van der Waals surface area contributed by atoms with E-state index >= 15 is 0 Å². The molecule has 1 fully saturated rings. The van der Waals surface area contributed by atoms with Gasteiger partial charge < -0.3 is 25.8 Å². The van der Waals surface area contributed by atoms with Crippen molar-refractivity contribution in [2.75, 3.05) is 49.2 Å². The predicted molar refractivity (Wildman–Crippen MR) is 277 cm³/mol. The van der Waals surface area contributed by atoms with E-state index < -0.39 is 0 Å². The summed E-state index contributed by atoms with van der Waals surface area (Å²) in [5.41, 5.74) is 7.59. The van der Waals surface area contributed by atoms with E-state index in [9.17, 15) is 14.4 Å². The maximum atomic E-state index is 14.5. The number of thiocarbonyl (C=S) groups is 1. The summed E-state index contributed by atoms with van der Waals surface area (Å²) < 4.78 is 0.487. The highest BCUT2D eigenvalue weighted by atomic mass is 32.2. The third kappa shape index (κ3) is 10.3. The minimum atomic E-state index is -0.154. The van der Waals surface area contributed by atoms with E-state index in [1.807, 2.05) is 83.6 Å². The normalized spacial score (nSPS) is 15.7. The van der Waals surface area contributed by atoms with Gasteiger partial charge in [-0.3, -0.25) is 19.3 Å². The number of amides is 3. The number of aromatic nitrogens is 3. The Labute approximate surface area is 404 Å². The van der Waals surface area contributed by atoms with Gasteiger partial charge in [0.05, 0.1) is 37.2 Å². The van der Waals surface area contributed by atoms with Crippen LogP contribution in [-0.4, -0.2) is 84.9 Å². The van der Waals surface area contributed by atoms with Crippen LogP contribution in [0.5, 0.6) is 0 Å². The van der Waals surface area contributed by atoms with E-state index in [-0.39, 0.29) is 17.7 Å². The lowest BCUT2D eigenvalue weighted by Crippen LogP contribution is -2.33. The molecule has 0 bridgehead atoms. The molecule has 8 rings (SSSR count). The summed E-state index contributed by atoms with van der Waals surface area (Å²) in [6, 6.07) is 22.4. The molecule has 2 aromatic carbocycles. The first-order chi connectivity index (χ1) is 32.1. The highest BCUT2D eigenvalue weighted by Crippen LogP contribution is 2.49. The lowest BCUT2D eigenvalue weighted by atomic mass is 10.1. The number of aryl methyl sites for hydroxylation is 2. The van der Waals surface area contributed by atoms with Crippen LogP contribution in [-0.2, 0) is 14.4 Å². The molecule has 66 heavy (non-hydrogen) atoms. The summed E-state index contributed by atoms with van der Waals surface area (Å²) in [6.07, 6.45) is 10.1. The number of nitrogens with zero attached hydrogens (tertiary/aromatic N) is 6. The first kappa shape index (κ1) is 46.8. The molecule has 12 nitrogen and oxygen atoms in total. The molecule has 3 aliphatic heterocycles. The topological polar surface area (TPSA) is 136 Å². The second-order valence-electron chi connectivity index (χ2n) is 16.6. The Morgan fingerprint density at radius 1 is 0.667 bits per heavy atom. The Morgan fingerprint density at radius 3 is 1.91 bits per heavy atom. The molecule has 3 aliphatic rings. The number of carbonyl (C=O) groups excluding carboxylic acids is 3. The van der Waals surface area contributed by atoms with Gasteiger partial charge in [0.15, 0.2) is 0 Å². The Balaban J connectivity index is 0.969. The quantitative estimate of drug-likeness (QED) is 0.0368. The monoisotopic (exact) mass is 957 g/mol. The van der Waals surface area contributed by atoms with Gasteiger partial charge in [-0.1, -0.05) is 113 Å². The van der Waals surface area contributed by atoms with E-state index in [0.29, 0.717) is 64.4 Å². The highest BCUT2D eigenvalue weighted by molar-refractivity contribution is 8.26. The summed E-state index contributed by atoms with van der Waals surface area (Å²) in [5.74, 6) is 0.856. The van der Waals surface area contributed by atoms with Gasteiger partial charge in [-0.05, 0) is 90.7 Å². The molecule has 342 valence electrons. The van der Waals surface area contributed by atoms with E-state index in [1.54, 1.807) is 34.6 Å². The fraction of sp³-hybridized carbons (Fsp3) is 0.340. The zero-order valence-corrected chi connectivity index (χ0v) is 41.3. The molecule has 16 heteroatoms. The largest absolute Gasteiger partial charge is 0.357 e. The third-order valence-electron chi connectivity index (χ3n) is 11.6. The molecule has 6 heterocycles. The maximum Gasteiger partial charge on any atom is 0.266 e. The van der Waals surface area contributed by atoms with Crippen molar-refractivity contribution in [3.8, 4) is 10.4 Å². The van der Waals surface area contributed by atoms with E-state index in [1.165, 1.54) is 11.8 Å². The second-order valence-corrected chi connectivity index (χ2v) is 20.3. The zero-order chi connectivity index (χ0) is 46.3. The fourth-order valence-electron chi connectivity index (χ4n) is 8.43. The van der Waals surface area contributed by atoms with Crippen molar-refractivity contribution >= 4 is 110 Å². The maximum absolute atomic E-state index is 14.5. The van der Waals surface area contributed by atoms with Crippen molar-refractivity contribution in [1.29, 1.82) is 0 Å². The Morgan fingerprint density at radius 2 is 1.29 bits per heavy atom. The Hall–Kier alpha value is -5.68.